The molecule has 0 spiro atoms. The highest BCUT2D eigenvalue weighted by molar-refractivity contribution is 5.97. The summed E-state index contributed by atoms with van der Waals surface area (Å²) in [6.07, 6.45) is 0. The van der Waals surface area contributed by atoms with Crippen LogP contribution in [0.2, 0.25) is 0 Å². The van der Waals surface area contributed by atoms with E-state index in [1.165, 1.54) is 20.1 Å². The van der Waals surface area contributed by atoms with Crippen LogP contribution in [0.25, 0.3) is 0 Å². The van der Waals surface area contributed by atoms with Crippen LogP contribution < -0.4 is 9.47 Å². The molecule has 0 N–H and O–H groups in total. The molecular weight excluding hydrogens is 259 g/mol. The highest BCUT2D eigenvalue weighted by Crippen LogP contribution is 2.26. The maximum absolute atomic E-state index is 13.5. The number of ether oxygens (including phenoxy) is 2. The van der Waals surface area contributed by atoms with E-state index in [0.29, 0.717) is 22.6 Å². The Kier molecular flexibility index (Phi) is 4.35. The first-order chi connectivity index (χ1) is 9.61. The first-order valence-electron chi connectivity index (χ1n) is 6.17. The normalized spacial score (nSPS) is 10.2. The third kappa shape index (κ3) is 3.15. The Bertz CT molecular complexity index is 623. The minimum atomic E-state index is -0.334. The van der Waals surface area contributed by atoms with E-state index in [4.69, 9.17) is 9.47 Å². The second-order valence-electron chi connectivity index (χ2n) is 4.30. The maximum atomic E-state index is 13.5. The van der Waals surface area contributed by atoms with Crippen molar-refractivity contribution in [3.05, 3.63) is 59.4 Å². The van der Waals surface area contributed by atoms with Crippen LogP contribution in [-0.2, 0) is 6.61 Å². The molecule has 0 fully saturated rings. The Morgan fingerprint density at radius 3 is 2.60 bits per heavy atom. The SMILES string of the molecule is COc1ccc(C(C)=O)c(OCc2ccccc2F)c1. The smallest absolute Gasteiger partial charge is 0.163 e. The van der Waals surface area contributed by atoms with Crippen LogP contribution >= 0.6 is 0 Å². The second kappa shape index (κ2) is 6.19. The molecule has 0 aliphatic heterocycles. The van der Waals surface area contributed by atoms with Gasteiger partial charge in [-0.1, -0.05) is 18.2 Å². The Morgan fingerprint density at radius 1 is 1.20 bits per heavy atom. The van der Waals surface area contributed by atoms with Gasteiger partial charge in [-0.25, -0.2) is 4.39 Å². The largest absolute Gasteiger partial charge is 0.497 e. The molecule has 0 unspecified atom stereocenters. The summed E-state index contributed by atoms with van der Waals surface area (Å²) in [5, 5.41) is 0. The lowest BCUT2D eigenvalue weighted by Crippen LogP contribution is -2.03. The Labute approximate surface area is 117 Å². The molecule has 2 rings (SSSR count). The fourth-order valence-corrected chi connectivity index (χ4v) is 1.81. The molecule has 0 saturated carbocycles. The number of ketones is 1. The monoisotopic (exact) mass is 274 g/mol. The summed E-state index contributed by atoms with van der Waals surface area (Å²) in [7, 11) is 1.53. The van der Waals surface area contributed by atoms with E-state index >= 15 is 0 Å². The lowest BCUT2D eigenvalue weighted by molar-refractivity contribution is 0.101. The van der Waals surface area contributed by atoms with Gasteiger partial charge in [0.15, 0.2) is 5.78 Å². The van der Waals surface area contributed by atoms with E-state index in [1.807, 2.05) is 0 Å². The lowest BCUT2D eigenvalue weighted by Gasteiger charge is -2.12. The van der Waals surface area contributed by atoms with Gasteiger partial charge in [0.05, 0.1) is 12.7 Å². The van der Waals surface area contributed by atoms with Crippen LogP contribution in [0.4, 0.5) is 4.39 Å². The van der Waals surface area contributed by atoms with Crippen molar-refractivity contribution in [3.8, 4) is 11.5 Å². The van der Waals surface area contributed by atoms with E-state index in [-0.39, 0.29) is 18.2 Å². The third-order valence-corrected chi connectivity index (χ3v) is 2.91. The van der Waals surface area contributed by atoms with Gasteiger partial charge in [-0.15, -0.1) is 0 Å². The number of hydrogen-bond donors (Lipinski definition) is 0. The van der Waals surface area contributed by atoms with E-state index < -0.39 is 0 Å². The fourth-order valence-electron chi connectivity index (χ4n) is 1.81. The van der Waals surface area contributed by atoms with Crippen molar-refractivity contribution in [1.29, 1.82) is 0 Å². The topological polar surface area (TPSA) is 35.5 Å². The zero-order valence-electron chi connectivity index (χ0n) is 11.4. The minimum absolute atomic E-state index is 0.0557. The van der Waals surface area contributed by atoms with Gasteiger partial charge in [0.25, 0.3) is 0 Å². The predicted octanol–water partition coefficient (Wildman–Crippen LogP) is 3.62. The van der Waals surface area contributed by atoms with Crippen LogP contribution in [0.5, 0.6) is 11.5 Å². The quantitative estimate of drug-likeness (QED) is 0.781. The van der Waals surface area contributed by atoms with Crippen molar-refractivity contribution >= 4 is 5.78 Å². The molecule has 0 aliphatic carbocycles. The number of carbonyl (C=O) groups is 1. The molecule has 0 saturated heterocycles. The molecule has 0 atom stereocenters. The zero-order chi connectivity index (χ0) is 14.5. The number of methoxy groups -OCH3 is 1. The standard InChI is InChI=1S/C16H15FO3/c1-11(18)14-8-7-13(19-2)9-16(14)20-10-12-5-3-4-6-15(12)17/h3-9H,10H2,1-2H3. The van der Waals surface area contributed by atoms with Crippen molar-refractivity contribution < 1.29 is 18.7 Å². The number of benzene rings is 2. The highest BCUT2D eigenvalue weighted by atomic mass is 19.1. The molecule has 0 amide bonds. The molecule has 3 nitrogen and oxygen atoms in total. The van der Waals surface area contributed by atoms with Crippen molar-refractivity contribution in [1.82, 2.24) is 0 Å². The van der Waals surface area contributed by atoms with Crippen LogP contribution in [0.3, 0.4) is 0 Å². The first kappa shape index (κ1) is 14.1. The molecule has 0 heterocycles. The van der Waals surface area contributed by atoms with Gasteiger partial charge >= 0.3 is 0 Å². The van der Waals surface area contributed by atoms with Crippen LogP contribution in [0.1, 0.15) is 22.8 Å². The molecule has 20 heavy (non-hydrogen) atoms. The summed E-state index contributed by atoms with van der Waals surface area (Å²) < 4.78 is 24.2. The first-order valence-corrected chi connectivity index (χ1v) is 6.17. The molecule has 2 aromatic rings. The number of carbonyl (C=O) groups excluding carboxylic acids is 1. The van der Waals surface area contributed by atoms with Crippen molar-refractivity contribution in [2.24, 2.45) is 0 Å². The molecule has 0 bridgehead atoms. The summed E-state index contributed by atoms with van der Waals surface area (Å²) in [6.45, 7) is 1.51. The molecule has 0 aliphatic rings. The van der Waals surface area contributed by atoms with Crippen LogP contribution in [-0.4, -0.2) is 12.9 Å². The van der Waals surface area contributed by atoms with E-state index in [2.05, 4.69) is 0 Å². The van der Waals surface area contributed by atoms with Gasteiger partial charge in [0.2, 0.25) is 0 Å². The van der Waals surface area contributed by atoms with Crippen molar-refractivity contribution in [2.45, 2.75) is 13.5 Å². The summed E-state index contributed by atoms with van der Waals surface area (Å²) in [6, 6.07) is 11.3. The molecule has 104 valence electrons. The number of halogens is 1. The van der Waals surface area contributed by atoms with Gasteiger partial charge in [-0.3, -0.25) is 4.79 Å². The molecular formula is C16H15FO3. The number of hydrogen-bond acceptors (Lipinski definition) is 3. The Balaban J connectivity index is 2.24. The van der Waals surface area contributed by atoms with Gasteiger partial charge in [0, 0.05) is 11.6 Å². The molecule has 0 aromatic heterocycles. The van der Waals surface area contributed by atoms with E-state index in [1.54, 1.807) is 36.4 Å². The maximum Gasteiger partial charge on any atom is 0.163 e. The molecule has 2 aromatic carbocycles. The summed E-state index contributed by atoms with van der Waals surface area (Å²) >= 11 is 0. The summed E-state index contributed by atoms with van der Waals surface area (Å²) in [4.78, 5) is 11.5. The highest BCUT2D eigenvalue weighted by Gasteiger charge is 2.11. The van der Waals surface area contributed by atoms with Crippen molar-refractivity contribution in [3.63, 3.8) is 0 Å². The molecule has 4 heteroatoms. The average molecular weight is 274 g/mol. The summed E-state index contributed by atoms with van der Waals surface area (Å²) in [5.41, 5.74) is 0.881. The van der Waals surface area contributed by atoms with Gasteiger partial charge in [0.1, 0.15) is 23.9 Å². The van der Waals surface area contributed by atoms with Crippen LogP contribution in [0.15, 0.2) is 42.5 Å². The van der Waals surface area contributed by atoms with E-state index in [9.17, 15) is 9.18 Å². The minimum Gasteiger partial charge on any atom is -0.497 e. The third-order valence-electron chi connectivity index (χ3n) is 2.91. The predicted molar refractivity (Wildman–Crippen MR) is 73.7 cm³/mol. The van der Waals surface area contributed by atoms with Crippen LogP contribution in [0, 0.1) is 5.82 Å². The fraction of sp³-hybridized carbons (Fsp3) is 0.188. The zero-order valence-corrected chi connectivity index (χ0v) is 11.4. The Morgan fingerprint density at radius 2 is 1.95 bits per heavy atom. The van der Waals surface area contributed by atoms with E-state index in [0.717, 1.165) is 0 Å². The number of rotatable bonds is 5. The van der Waals surface area contributed by atoms with Gasteiger partial charge < -0.3 is 9.47 Å². The average Bonchev–Trinajstić information content (AvgIpc) is 2.46. The van der Waals surface area contributed by atoms with Crippen molar-refractivity contribution in [2.75, 3.05) is 7.11 Å². The Hall–Kier alpha value is -2.36. The second-order valence-corrected chi connectivity index (χ2v) is 4.30. The van der Waals surface area contributed by atoms with Gasteiger partial charge in [-0.05, 0) is 25.1 Å². The van der Waals surface area contributed by atoms with Gasteiger partial charge in [-0.2, -0.15) is 0 Å². The summed E-state index contributed by atoms with van der Waals surface area (Å²) in [5.74, 6) is 0.523. The molecule has 0 radical (unpaired) electrons. The number of Topliss-reactive ketones (excluding diaryl/α,β-unsaturated/α-hetero) is 1. The lowest BCUT2D eigenvalue weighted by atomic mass is 10.1.